The Hall–Kier alpha value is -2.37. The molecule has 28 heavy (non-hydrogen) atoms. The van der Waals surface area contributed by atoms with Crippen molar-refractivity contribution >= 4 is 37.3 Å². The number of oxime groups is 1. The van der Waals surface area contributed by atoms with E-state index in [9.17, 15) is 0 Å². The van der Waals surface area contributed by atoms with Gasteiger partial charge in [-0.25, -0.2) is 0 Å². The van der Waals surface area contributed by atoms with Crippen LogP contribution in [0.15, 0.2) is 47.6 Å². The van der Waals surface area contributed by atoms with Crippen molar-refractivity contribution in [3.63, 3.8) is 0 Å². The van der Waals surface area contributed by atoms with Crippen molar-refractivity contribution < 1.29 is 14.7 Å². The Morgan fingerprint density at radius 2 is 1.89 bits per heavy atom. The summed E-state index contributed by atoms with van der Waals surface area (Å²) in [5.74, 6) is 0.877. The molecule has 0 saturated heterocycles. The van der Waals surface area contributed by atoms with Gasteiger partial charge in [0.05, 0.1) is 0 Å². The summed E-state index contributed by atoms with van der Waals surface area (Å²) in [5, 5.41) is 13.3. The molecule has 1 N–H and O–H groups in total. The van der Waals surface area contributed by atoms with Gasteiger partial charge >= 0.3 is 175 Å². The summed E-state index contributed by atoms with van der Waals surface area (Å²) in [5.41, 5.74) is 2.73. The summed E-state index contributed by atoms with van der Waals surface area (Å²) < 4.78 is 11.6. The van der Waals surface area contributed by atoms with Gasteiger partial charge in [0, 0.05) is 0 Å². The molecule has 0 aliphatic carbocycles. The van der Waals surface area contributed by atoms with Gasteiger partial charge in [0.15, 0.2) is 0 Å². The first-order valence-electron chi connectivity index (χ1n) is 8.72. The van der Waals surface area contributed by atoms with E-state index in [2.05, 4.69) is 33.3 Å². The van der Waals surface area contributed by atoms with Gasteiger partial charge in [-0.1, -0.05) is 0 Å². The van der Waals surface area contributed by atoms with Crippen molar-refractivity contribution in [3.05, 3.63) is 52.9 Å². The van der Waals surface area contributed by atoms with E-state index in [-0.39, 0.29) is 0 Å². The number of aryl methyl sites for hydroxylation is 1. The van der Waals surface area contributed by atoms with E-state index in [1.807, 2.05) is 24.3 Å². The van der Waals surface area contributed by atoms with Crippen LogP contribution in [0, 0.1) is 0 Å². The molecule has 0 fully saturated rings. The average Bonchev–Trinajstić information content (AvgIpc) is 3.24. The van der Waals surface area contributed by atoms with E-state index in [4.69, 9.17) is 14.7 Å². The van der Waals surface area contributed by atoms with Crippen LogP contribution in [-0.2, 0) is 6.42 Å². The maximum absolute atomic E-state index is 8.96. The summed E-state index contributed by atoms with van der Waals surface area (Å²) in [6.45, 7) is 1.77. The van der Waals surface area contributed by atoms with Crippen molar-refractivity contribution in [2.45, 2.75) is 18.6 Å². The number of rotatable bonds is 8. The predicted molar refractivity (Wildman–Crippen MR) is 114 cm³/mol. The van der Waals surface area contributed by atoms with Gasteiger partial charge in [-0.3, -0.25) is 0 Å². The van der Waals surface area contributed by atoms with E-state index >= 15 is 0 Å². The third-order valence-electron chi connectivity index (χ3n) is 4.13. The fourth-order valence-electron chi connectivity index (χ4n) is 2.58. The number of nitrogens with zero attached hydrogens (tertiary/aromatic N) is 3. The Labute approximate surface area is 174 Å². The molecule has 3 aromatic rings. The molecule has 0 bridgehead atoms. The topological polar surface area (TPSA) is 76.8 Å². The number of ether oxygens (including phenoxy) is 2. The standard InChI is InChI=1S/C20H22AsN3O3S/c1-13(24-25)17-8-9-18(28-17)16-12-19(23-20(22-16)27-3)21-11-10-14-4-6-15(26-2)7-5-14/h4-9,12,21,25H,10-11H2,1-3H3/b24-13+. The van der Waals surface area contributed by atoms with Crippen molar-refractivity contribution in [1.29, 1.82) is 0 Å². The zero-order valence-corrected chi connectivity index (χ0v) is 18.9. The minimum atomic E-state index is -0.423. The summed E-state index contributed by atoms with van der Waals surface area (Å²) in [4.78, 5) is 10.9. The van der Waals surface area contributed by atoms with Crippen LogP contribution in [0.3, 0.4) is 0 Å². The normalized spacial score (nSPS) is 11.9. The number of methoxy groups -OCH3 is 2. The van der Waals surface area contributed by atoms with Crippen molar-refractivity contribution in [1.82, 2.24) is 9.97 Å². The number of hydrogen-bond donors (Lipinski definition) is 1. The second-order valence-electron chi connectivity index (χ2n) is 6.00. The summed E-state index contributed by atoms with van der Waals surface area (Å²) in [6.07, 6.45) is 1.01. The first-order chi connectivity index (χ1) is 13.6. The first kappa shape index (κ1) is 20.4. The second kappa shape index (κ2) is 9.71. The molecule has 2 heterocycles. The van der Waals surface area contributed by atoms with E-state index in [1.54, 1.807) is 21.1 Å². The number of hydrogen-bond acceptors (Lipinski definition) is 7. The van der Waals surface area contributed by atoms with Crippen molar-refractivity contribution in [2.75, 3.05) is 14.2 Å². The fraction of sp³-hybridized carbons (Fsp3) is 0.250. The molecule has 1 unspecified atom stereocenters. The Morgan fingerprint density at radius 3 is 2.57 bits per heavy atom. The monoisotopic (exact) mass is 459 g/mol. The van der Waals surface area contributed by atoms with Gasteiger partial charge < -0.3 is 0 Å². The van der Waals surface area contributed by atoms with Gasteiger partial charge in [0.2, 0.25) is 0 Å². The second-order valence-corrected chi connectivity index (χ2v) is 9.95. The number of aromatic nitrogens is 2. The van der Waals surface area contributed by atoms with Crippen LogP contribution in [-0.4, -0.2) is 50.9 Å². The summed E-state index contributed by atoms with van der Waals surface area (Å²) in [7, 11) is 3.26. The molecule has 3 rings (SSSR count). The average molecular weight is 459 g/mol. The molecular formula is C20H22AsN3O3S. The predicted octanol–water partition coefficient (Wildman–Crippen LogP) is 3.14. The van der Waals surface area contributed by atoms with Gasteiger partial charge in [-0.15, -0.1) is 0 Å². The Kier molecular flexibility index (Phi) is 7.06. The van der Waals surface area contributed by atoms with Crippen LogP contribution in [0.4, 0.5) is 0 Å². The number of benzene rings is 1. The van der Waals surface area contributed by atoms with E-state index in [1.165, 1.54) is 16.9 Å². The van der Waals surface area contributed by atoms with Crippen LogP contribution in [0.2, 0.25) is 5.21 Å². The minimum absolute atomic E-state index is 0.392. The quantitative estimate of drug-likeness (QED) is 0.242. The maximum atomic E-state index is 8.96. The van der Waals surface area contributed by atoms with Crippen LogP contribution < -0.4 is 14.0 Å². The molecule has 1 aromatic carbocycles. The SMILES string of the molecule is COc1ccc(CC[AsH]c2cc(-c3ccc(/C(C)=N/O)s3)nc(OC)n2)cc1. The third-order valence-corrected chi connectivity index (χ3v) is 7.70. The molecule has 0 aliphatic heterocycles. The molecule has 2 aromatic heterocycles. The van der Waals surface area contributed by atoms with E-state index in [0.717, 1.165) is 37.3 Å². The van der Waals surface area contributed by atoms with Crippen molar-refractivity contribution in [3.8, 4) is 22.3 Å². The molecule has 8 heteroatoms. The van der Waals surface area contributed by atoms with E-state index < -0.39 is 15.8 Å². The zero-order valence-electron chi connectivity index (χ0n) is 16.0. The Morgan fingerprint density at radius 1 is 1.11 bits per heavy atom. The van der Waals surface area contributed by atoms with E-state index in [0.29, 0.717) is 11.7 Å². The molecular weight excluding hydrogens is 437 g/mol. The Bertz CT molecular complexity index is 958. The first-order valence-corrected chi connectivity index (χ1v) is 12.1. The van der Waals surface area contributed by atoms with Crippen LogP contribution >= 0.6 is 11.3 Å². The summed E-state index contributed by atoms with van der Waals surface area (Å²) in [6, 6.07) is 14.6. The van der Waals surface area contributed by atoms with Crippen LogP contribution in [0.1, 0.15) is 17.4 Å². The molecule has 0 saturated carbocycles. The molecule has 0 spiro atoms. The molecule has 6 nitrogen and oxygen atoms in total. The van der Waals surface area contributed by atoms with Gasteiger partial charge in [0.25, 0.3) is 0 Å². The summed E-state index contributed by atoms with van der Waals surface area (Å²) >= 11 is 1.11. The van der Waals surface area contributed by atoms with Gasteiger partial charge in [-0.05, 0) is 0 Å². The van der Waals surface area contributed by atoms with Crippen molar-refractivity contribution in [2.24, 2.45) is 5.16 Å². The third kappa shape index (κ3) is 5.12. The van der Waals surface area contributed by atoms with Crippen LogP contribution in [0.25, 0.3) is 10.6 Å². The zero-order chi connectivity index (χ0) is 19.9. The number of thiophene rings is 1. The Balaban J connectivity index is 1.72. The molecule has 0 aliphatic rings. The molecule has 1 atom stereocenters. The molecule has 146 valence electrons. The van der Waals surface area contributed by atoms with Gasteiger partial charge in [0.1, 0.15) is 0 Å². The fourth-order valence-corrected chi connectivity index (χ4v) is 5.76. The van der Waals surface area contributed by atoms with Gasteiger partial charge in [-0.2, -0.15) is 0 Å². The molecule has 0 amide bonds. The molecule has 0 radical (unpaired) electrons. The van der Waals surface area contributed by atoms with Crippen LogP contribution in [0.5, 0.6) is 11.8 Å².